The van der Waals surface area contributed by atoms with E-state index in [1.165, 1.54) is 16.7 Å². The van der Waals surface area contributed by atoms with E-state index in [4.69, 9.17) is 5.73 Å². The van der Waals surface area contributed by atoms with Crippen molar-refractivity contribution in [3.8, 4) is 11.3 Å². The van der Waals surface area contributed by atoms with Crippen molar-refractivity contribution in [3.05, 3.63) is 77.4 Å². The van der Waals surface area contributed by atoms with Gasteiger partial charge in [-0.3, -0.25) is 4.79 Å². The third-order valence-electron chi connectivity index (χ3n) is 4.93. The van der Waals surface area contributed by atoms with E-state index in [1.54, 1.807) is 13.0 Å². The topological polar surface area (TPSA) is 59.2 Å². The first-order chi connectivity index (χ1) is 12.6. The highest BCUT2D eigenvalue weighted by Gasteiger charge is 2.20. The Morgan fingerprint density at radius 3 is 2.58 bits per heavy atom. The lowest BCUT2D eigenvalue weighted by molar-refractivity contribution is -0.116. The number of amides is 1. The molecular formula is C22H21N3O. The Bertz CT molecular complexity index is 981. The van der Waals surface area contributed by atoms with E-state index in [2.05, 4.69) is 29.2 Å². The van der Waals surface area contributed by atoms with Crippen molar-refractivity contribution in [3.63, 3.8) is 0 Å². The second kappa shape index (κ2) is 6.64. The average molecular weight is 343 g/mol. The summed E-state index contributed by atoms with van der Waals surface area (Å²) >= 11 is 0. The van der Waals surface area contributed by atoms with Crippen molar-refractivity contribution in [1.82, 2.24) is 4.98 Å². The molecule has 26 heavy (non-hydrogen) atoms. The number of pyridine rings is 1. The zero-order valence-electron chi connectivity index (χ0n) is 14.8. The number of rotatable bonds is 1. The highest BCUT2D eigenvalue weighted by Crippen LogP contribution is 2.30. The largest absolute Gasteiger partial charge is 0.384 e. The number of nitrogens with two attached hydrogens (primary N) is 1. The molecule has 0 fully saturated rings. The first-order valence-electron chi connectivity index (χ1n) is 8.82. The van der Waals surface area contributed by atoms with Crippen LogP contribution < -0.4 is 10.6 Å². The summed E-state index contributed by atoms with van der Waals surface area (Å²) in [4.78, 5) is 18.6. The normalized spacial score (nSPS) is 13.3. The number of aryl methyl sites for hydroxylation is 2. The predicted octanol–water partition coefficient (Wildman–Crippen LogP) is 3.98. The van der Waals surface area contributed by atoms with E-state index >= 15 is 0 Å². The van der Waals surface area contributed by atoms with Crippen LogP contribution in [0.25, 0.3) is 11.3 Å². The summed E-state index contributed by atoms with van der Waals surface area (Å²) in [5, 5.41) is 0. The number of anilines is 2. The SMILES string of the molecule is CC(=O)N1Cc2ccc(-c3cccc(N)n3)cc2CCc2ccccc21. The van der Waals surface area contributed by atoms with Crippen molar-refractivity contribution < 1.29 is 4.79 Å². The zero-order valence-corrected chi connectivity index (χ0v) is 14.8. The smallest absolute Gasteiger partial charge is 0.224 e. The average Bonchev–Trinajstić information content (AvgIpc) is 2.63. The molecule has 0 aliphatic carbocycles. The number of hydrogen-bond acceptors (Lipinski definition) is 3. The highest BCUT2D eigenvalue weighted by molar-refractivity contribution is 5.92. The summed E-state index contributed by atoms with van der Waals surface area (Å²) in [7, 11) is 0. The standard InChI is InChI=1S/C22H21N3O/c1-15(26)25-14-19-12-11-18(20-6-4-8-22(23)24-20)13-17(19)10-9-16-5-2-3-7-21(16)25/h2-8,11-13H,9-10,14H2,1H3,(H2,23,24). The van der Waals surface area contributed by atoms with Crippen LogP contribution in [0.1, 0.15) is 23.6 Å². The zero-order chi connectivity index (χ0) is 18.1. The van der Waals surface area contributed by atoms with Crippen LogP contribution in [-0.2, 0) is 24.2 Å². The Balaban J connectivity index is 1.76. The Morgan fingerprint density at radius 2 is 1.77 bits per heavy atom. The molecule has 0 spiro atoms. The molecule has 0 bridgehead atoms. The van der Waals surface area contributed by atoms with Crippen molar-refractivity contribution in [2.24, 2.45) is 0 Å². The van der Waals surface area contributed by atoms with E-state index in [9.17, 15) is 4.79 Å². The van der Waals surface area contributed by atoms with Crippen LogP contribution in [0.15, 0.2) is 60.7 Å². The molecule has 4 heteroatoms. The molecule has 0 atom stereocenters. The van der Waals surface area contributed by atoms with Gasteiger partial charge in [-0.2, -0.15) is 0 Å². The molecule has 130 valence electrons. The molecule has 2 aromatic carbocycles. The number of carbonyl (C=O) groups is 1. The Labute approximate surface area is 153 Å². The molecule has 4 nitrogen and oxygen atoms in total. The van der Waals surface area contributed by atoms with Gasteiger partial charge in [0.15, 0.2) is 0 Å². The van der Waals surface area contributed by atoms with E-state index in [0.717, 1.165) is 29.8 Å². The van der Waals surface area contributed by atoms with Crippen molar-refractivity contribution in [1.29, 1.82) is 0 Å². The van der Waals surface area contributed by atoms with E-state index < -0.39 is 0 Å². The summed E-state index contributed by atoms with van der Waals surface area (Å²) in [5.41, 5.74) is 12.4. The van der Waals surface area contributed by atoms with Crippen molar-refractivity contribution in [2.45, 2.75) is 26.3 Å². The minimum Gasteiger partial charge on any atom is -0.384 e. The lowest BCUT2D eigenvalue weighted by Crippen LogP contribution is -2.30. The van der Waals surface area contributed by atoms with Crippen LogP contribution in [0.5, 0.6) is 0 Å². The first-order valence-corrected chi connectivity index (χ1v) is 8.82. The lowest BCUT2D eigenvalue weighted by atomic mass is 9.93. The van der Waals surface area contributed by atoms with Crippen LogP contribution in [-0.4, -0.2) is 10.9 Å². The number of aromatic nitrogens is 1. The molecule has 1 aliphatic rings. The van der Waals surface area contributed by atoms with Crippen molar-refractivity contribution >= 4 is 17.4 Å². The summed E-state index contributed by atoms with van der Waals surface area (Å²) in [6.45, 7) is 2.22. The van der Waals surface area contributed by atoms with Gasteiger partial charge in [0.2, 0.25) is 5.91 Å². The number of nitrogen functional groups attached to an aromatic ring is 1. The predicted molar refractivity (Wildman–Crippen MR) is 105 cm³/mol. The maximum Gasteiger partial charge on any atom is 0.224 e. The third-order valence-corrected chi connectivity index (χ3v) is 4.93. The monoisotopic (exact) mass is 343 g/mol. The van der Waals surface area contributed by atoms with Gasteiger partial charge in [-0.05, 0) is 53.8 Å². The van der Waals surface area contributed by atoms with Crippen LogP contribution in [0.4, 0.5) is 11.5 Å². The Morgan fingerprint density at radius 1 is 0.962 bits per heavy atom. The molecule has 1 aromatic heterocycles. The van der Waals surface area contributed by atoms with Gasteiger partial charge < -0.3 is 10.6 Å². The number of benzene rings is 2. The number of fused-ring (bicyclic) bond motifs is 2. The molecule has 0 saturated carbocycles. The Kier molecular flexibility index (Phi) is 4.17. The molecule has 1 amide bonds. The van der Waals surface area contributed by atoms with E-state index in [-0.39, 0.29) is 5.91 Å². The fourth-order valence-corrected chi connectivity index (χ4v) is 3.58. The second-order valence-corrected chi connectivity index (χ2v) is 6.67. The fraction of sp³-hybridized carbons (Fsp3) is 0.182. The molecule has 1 aliphatic heterocycles. The van der Waals surface area contributed by atoms with Gasteiger partial charge in [0.1, 0.15) is 5.82 Å². The van der Waals surface area contributed by atoms with Gasteiger partial charge in [-0.15, -0.1) is 0 Å². The van der Waals surface area contributed by atoms with Gasteiger partial charge in [0, 0.05) is 18.2 Å². The summed E-state index contributed by atoms with van der Waals surface area (Å²) in [6.07, 6.45) is 1.84. The molecule has 2 N–H and O–H groups in total. The quantitative estimate of drug-likeness (QED) is 0.727. The molecular weight excluding hydrogens is 322 g/mol. The summed E-state index contributed by atoms with van der Waals surface area (Å²) in [5.74, 6) is 0.581. The number of hydrogen-bond donors (Lipinski definition) is 1. The van der Waals surface area contributed by atoms with Gasteiger partial charge in [0.05, 0.1) is 12.2 Å². The van der Waals surface area contributed by atoms with Gasteiger partial charge in [-0.25, -0.2) is 4.98 Å². The molecule has 0 radical (unpaired) electrons. The molecule has 3 aromatic rings. The van der Waals surface area contributed by atoms with E-state index in [0.29, 0.717) is 12.4 Å². The molecule has 4 rings (SSSR count). The lowest BCUT2D eigenvalue weighted by Gasteiger charge is -2.28. The summed E-state index contributed by atoms with van der Waals surface area (Å²) < 4.78 is 0. The first kappa shape index (κ1) is 16.3. The minimum atomic E-state index is 0.0619. The number of para-hydroxylation sites is 1. The second-order valence-electron chi connectivity index (χ2n) is 6.67. The summed E-state index contributed by atoms with van der Waals surface area (Å²) in [6, 6.07) is 20.2. The highest BCUT2D eigenvalue weighted by atomic mass is 16.2. The van der Waals surface area contributed by atoms with Crippen LogP contribution in [0.3, 0.4) is 0 Å². The van der Waals surface area contributed by atoms with Crippen LogP contribution in [0, 0.1) is 0 Å². The van der Waals surface area contributed by atoms with Crippen LogP contribution in [0.2, 0.25) is 0 Å². The van der Waals surface area contributed by atoms with Gasteiger partial charge in [0.25, 0.3) is 0 Å². The third kappa shape index (κ3) is 3.06. The van der Waals surface area contributed by atoms with Gasteiger partial charge >= 0.3 is 0 Å². The maximum absolute atomic E-state index is 12.3. The molecule has 0 saturated heterocycles. The van der Waals surface area contributed by atoms with Gasteiger partial charge in [-0.1, -0.05) is 36.4 Å². The Hall–Kier alpha value is -3.14. The number of nitrogens with zero attached hydrogens (tertiary/aromatic N) is 2. The minimum absolute atomic E-state index is 0.0619. The van der Waals surface area contributed by atoms with Crippen LogP contribution >= 0.6 is 0 Å². The number of carbonyl (C=O) groups excluding carboxylic acids is 1. The maximum atomic E-state index is 12.3. The fourth-order valence-electron chi connectivity index (χ4n) is 3.58. The van der Waals surface area contributed by atoms with E-state index in [1.807, 2.05) is 35.2 Å². The molecule has 2 heterocycles. The molecule has 0 unspecified atom stereocenters. The van der Waals surface area contributed by atoms with Crippen molar-refractivity contribution in [2.75, 3.05) is 10.6 Å².